The quantitative estimate of drug-likeness (QED) is 0.484. The highest BCUT2D eigenvalue weighted by molar-refractivity contribution is 5.80. The van der Waals surface area contributed by atoms with Crippen molar-refractivity contribution in [2.45, 2.75) is 6.92 Å². The number of carbonyl (C=O) groups excluding carboxylic acids is 1. The SMILES string of the molecule is Cc1ccc(/C=N/OC(=O)COc2ccc(F)cc2F)cc1. The van der Waals surface area contributed by atoms with Gasteiger partial charge in [0.1, 0.15) is 5.82 Å². The standard InChI is InChI=1S/C16H13F2NO3/c1-11-2-4-12(5-3-11)9-19-22-16(20)10-21-15-7-6-13(17)8-14(15)18/h2-9H,10H2,1H3/b19-9+. The van der Waals surface area contributed by atoms with E-state index in [4.69, 9.17) is 4.74 Å². The van der Waals surface area contributed by atoms with Crippen LogP contribution in [0.25, 0.3) is 0 Å². The van der Waals surface area contributed by atoms with Gasteiger partial charge in [-0.2, -0.15) is 0 Å². The first kappa shape index (κ1) is 15.6. The van der Waals surface area contributed by atoms with Gasteiger partial charge in [0.05, 0.1) is 6.21 Å². The lowest BCUT2D eigenvalue weighted by atomic mass is 10.2. The van der Waals surface area contributed by atoms with Gasteiger partial charge in [0.2, 0.25) is 0 Å². The third-order valence-corrected chi connectivity index (χ3v) is 2.67. The summed E-state index contributed by atoms with van der Waals surface area (Å²) in [5, 5.41) is 3.51. The van der Waals surface area contributed by atoms with Crippen molar-refractivity contribution in [2.75, 3.05) is 6.61 Å². The van der Waals surface area contributed by atoms with Crippen LogP contribution in [0.3, 0.4) is 0 Å². The Morgan fingerprint density at radius 1 is 1.18 bits per heavy atom. The molecule has 0 saturated heterocycles. The molecule has 2 aromatic carbocycles. The van der Waals surface area contributed by atoms with Crippen molar-refractivity contribution < 1.29 is 23.1 Å². The zero-order chi connectivity index (χ0) is 15.9. The molecule has 0 heterocycles. The lowest BCUT2D eigenvalue weighted by Crippen LogP contribution is -2.13. The van der Waals surface area contributed by atoms with Gasteiger partial charge in [0, 0.05) is 6.07 Å². The first-order valence-electron chi connectivity index (χ1n) is 6.42. The van der Waals surface area contributed by atoms with Crippen molar-refractivity contribution in [1.29, 1.82) is 0 Å². The van der Waals surface area contributed by atoms with Crippen LogP contribution in [-0.4, -0.2) is 18.8 Å². The van der Waals surface area contributed by atoms with Crippen molar-refractivity contribution in [1.82, 2.24) is 0 Å². The molecule has 0 unspecified atom stereocenters. The van der Waals surface area contributed by atoms with Gasteiger partial charge in [-0.05, 0) is 24.6 Å². The Kier molecular flexibility index (Phi) is 5.19. The van der Waals surface area contributed by atoms with Gasteiger partial charge in [-0.15, -0.1) is 0 Å². The van der Waals surface area contributed by atoms with E-state index in [1.807, 2.05) is 31.2 Å². The van der Waals surface area contributed by atoms with Gasteiger partial charge in [0.15, 0.2) is 18.2 Å². The molecule has 0 bridgehead atoms. The molecule has 4 nitrogen and oxygen atoms in total. The number of ether oxygens (including phenoxy) is 1. The van der Waals surface area contributed by atoms with Crippen molar-refractivity contribution in [3.05, 3.63) is 65.2 Å². The molecular formula is C16H13F2NO3. The Bertz CT molecular complexity index is 684. The number of nitrogens with zero attached hydrogens (tertiary/aromatic N) is 1. The monoisotopic (exact) mass is 305 g/mol. The number of benzene rings is 2. The summed E-state index contributed by atoms with van der Waals surface area (Å²) in [6.07, 6.45) is 1.37. The van der Waals surface area contributed by atoms with E-state index in [0.29, 0.717) is 6.07 Å². The molecule has 0 aliphatic rings. The lowest BCUT2D eigenvalue weighted by molar-refractivity contribution is -0.145. The largest absolute Gasteiger partial charge is 0.479 e. The molecular weight excluding hydrogens is 292 g/mol. The molecule has 0 aliphatic carbocycles. The molecule has 2 rings (SSSR count). The molecule has 114 valence electrons. The zero-order valence-electron chi connectivity index (χ0n) is 11.8. The molecule has 0 fully saturated rings. The molecule has 0 saturated carbocycles. The van der Waals surface area contributed by atoms with Crippen LogP contribution in [-0.2, 0) is 9.63 Å². The molecule has 0 aliphatic heterocycles. The van der Waals surface area contributed by atoms with E-state index in [0.717, 1.165) is 23.3 Å². The topological polar surface area (TPSA) is 47.9 Å². The van der Waals surface area contributed by atoms with E-state index < -0.39 is 24.2 Å². The number of hydrogen-bond donors (Lipinski definition) is 0. The maximum absolute atomic E-state index is 13.3. The number of rotatable bonds is 5. The summed E-state index contributed by atoms with van der Waals surface area (Å²) in [5.74, 6) is -2.65. The fraction of sp³-hybridized carbons (Fsp3) is 0.125. The smallest absolute Gasteiger partial charge is 0.372 e. The van der Waals surface area contributed by atoms with E-state index >= 15 is 0 Å². The number of halogens is 2. The summed E-state index contributed by atoms with van der Waals surface area (Å²) in [6.45, 7) is 1.42. The molecule has 0 aromatic heterocycles. The minimum atomic E-state index is -0.893. The summed E-state index contributed by atoms with van der Waals surface area (Å²) in [7, 11) is 0. The Hall–Kier alpha value is -2.76. The van der Waals surface area contributed by atoms with Crippen LogP contribution in [0.2, 0.25) is 0 Å². The van der Waals surface area contributed by atoms with Gasteiger partial charge in [-0.3, -0.25) is 0 Å². The van der Waals surface area contributed by atoms with Crippen molar-refractivity contribution >= 4 is 12.2 Å². The van der Waals surface area contributed by atoms with Crippen molar-refractivity contribution in [3.8, 4) is 5.75 Å². The number of hydrogen-bond acceptors (Lipinski definition) is 4. The van der Waals surface area contributed by atoms with E-state index in [-0.39, 0.29) is 5.75 Å². The third-order valence-electron chi connectivity index (χ3n) is 2.67. The minimum absolute atomic E-state index is 0.235. The van der Waals surface area contributed by atoms with Gasteiger partial charge in [-0.1, -0.05) is 35.0 Å². The second-order valence-electron chi connectivity index (χ2n) is 4.47. The second kappa shape index (κ2) is 7.31. The molecule has 0 spiro atoms. The van der Waals surface area contributed by atoms with Crippen molar-refractivity contribution in [3.63, 3.8) is 0 Å². The Morgan fingerprint density at radius 3 is 2.59 bits per heavy atom. The molecule has 22 heavy (non-hydrogen) atoms. The van der Waals surface area contributed by atoms with Crippen LogP contribution in [0.15, 0.2) is 47.6 Å². The van der Waals surface area contributed by atoms with Crippen LogP contribution in [0.1, 0.15) is 11.1 Å². The summed E-state index contributed by atoms with van der Waals surface area (Å²) >= 11 is 0. The highest BCUT2D eigenvalue weighted by Crippen LogP contribution is 2.17. The van der Waals surface area contributed by atoms with Crippen LogP contribution in [0, 0.1) is 18.6 Å². The average molecular weight is 305 g/mol. The fourth-order valence-corrected chi connectivity index (χ4v) is 1.55. The third kappa shape index (κ3) is 4.66. The maximum atomic E-state index is 13.3. The first-order valence-corrected chi connectivity index (χ1v) is 6.42. The summed E-state index contributed by atoms with van der Waals surface area (Å²) in [6, 6.07) is 10.2. The van der Waals surface area contributed by atoms with E-state index in [1.165, 1.54) is 6.21 Å². The number of carbonyl (C=O) groups is 1. The minimum Gasteiger partial charge on any atom is -0.479 e. The molecule has 2 aromatic rings. The summed E-state index contributed by atoms with van der Waals surface area (Å²) in [5.41, 5.74) is 1.87. The van der Waals surface area contributed by atoms with E-state index in [9.17, 15) is 13.6 Å². The van der Waals surface area contributed by atoms with E-state index in [1.54, 1.807) is 0 Å². The summed E-state index contributed by atoms with van der Waals surface area (Å²) < 4.78 is 30.8. The molecule has 0 N–H and O–H groups in total. The average Bonchev–Trinajstić information content (AvgIpc) is 2.48. The second-order valence-corrected chi connectivity index (χ2v) is 4.47. The van der Waals surface area contributed by atoms with Crippen molar-refractivity contribution in [2.24, 2.45) is 5.16 Å². The first-order chi connectivity index (χ1) is 10.5. The van der Waals surface area contributed by atoms with Gasteiger partial charge in [-0.25, -0.2) is 13.6 Å². The van der Waals surface area contributed by atoms with Gasteiger partial charge in [0.25, 0.3) is 0 Å². The van der Waals surface area contributed by atoms with Gasteiger partial charge >= 0.3 is 5.97 Å². The summed E-state index contributed by atoms with van der Waals surface area (Å²) in [4.78, 5) is 16.0. The van der Waals surface area contributed by atoms with Crippen LogP contribution >= 0.6 is 0 Å². The number of aryl methyl sites for hydroxylation is 1. The number of oxime groups is 1. The van der Waals surface area contributed by atoms with Crippen LogP contribution in [0.4, 0.5) is 8.78 Å². The zero-order valence-corrected chi connectivity index (χ0v) is 11.8. The fourth-order valence-electron chi connectivity index (χ4n) is 1.55. The predicted octanol–water partition coefficient (Wildman–Crippen LogP) is 3.23. The molecule has 0 atom stereocenters. The molecule has 6 heteroatoms. The Balaban J connectivity index is 1.81. The Morgan fingerprint density at radius 2 is 1.91 bits per heavy atom. The predicted molar refractivity (Wildman–Crippen MR) is 76.7 cm³/mol. The maximum Gasteiger partial charge on any atom is 0.372 e. The highest BCUT2D eigenvalue weighted by atomic mass is 19.1. The normalized spacial score (nSPS) is 10.7. The van der Waals surface area contributed by atoms with E-state index in [2.05, 4.69) is 9.99 Å². The Labute approximate surface area is 126 Å². The highest BCUT2D eigenvalue weighted by Gasteiger charge is 2.08. The van der Waals surface area contributed by atoms with Gasteiger partial charge < -0.3 is 9.57 Å². The lowest BCUT2D eigenvalue weighted by Gasteiger charge is -2.04. The molecule has 0 amide bonds. The molecule has 0 radical (unpaired) electrons. The van der Waals surface area contributed by atoms with Crippen LogP contribution in [0.5, 0.6) is 5.75 Å². The van der Waals surface area contributed by atoms with Crippen LogP contribution < -0.4 is 4.74 Å².